The molecule has 0 fully saturated rings. The van der Waals surface area contributed by atoms with Crippen LogP contribution in [0, 0.1) is 0 Å². The second-order valence-electron chi connectivity index (χ2n) is 3.04. The van der Waals surface area contributed by atoms with E-state index in [1.54, 1.807) is 14.0 Å². The van der Waals surface area contributed by atoms with Crippen molar-refractivity contribution in [2.24, 2.45) is 7.05 Å². The van der Waals surface area contributed by atoms with E-state index in [1.807, 2.05) is 0 Å². The van der Waals surface area contributed by atoms with E-state index in [1.165, 1.54) is 21.4 Å². The molecule has 1 heterocycles. The maximum atomic E-state index is 12.0. The van der Waals surface area contributed by atoms with E-state index < -0.39 is 10.0 Å². The van der Waals surface area contributed by atoms with Gasteiger partial charge in [0.05, 0.1) is 6.20 Å². The molecular formula is C8H14ClN3O2S. The summed E-state index contributed by atoms with van der Waals surface area (Å²) >= 11 is 5.55. The van der Waals surface area contributed by atoms with Crippen LogP contribution in [0.1, 0.15) is 6.92 Å². The van der Waals surface area contributed by atoms with E-state index in [0.29, 0.717) is 13.1 Å². The van der Waals surface area contributed by atoms with Crippen LogP contribution in [-0.2, 0) is 17.1 Å². The Kier molecular flexibility index (Phi) is 4.12. The van der Waals surface area contributed by atoms with E-state index in [0.717, 1.165) is 0 Å². The second-order valence-corrected chi connectivity index (χ2v) is 5.35. The Morgan fingerprint density at radius 2 is 2.27 bits per heavy atom. The van der Waals surface area contributed by atoms with Gasteiger partial charge in [0.2, 0.25) is 10.0 Å². The van der Waals surface area contributed by atoms with Gasteiger partial charge in [-0.05, 0) is 0 Å². The van der Waals surface area contributed by atoms with Crippen molar-refractivity contribution in [1.29, 1.82) is 0 Å². The van der Waals surface area contributed by atoms with Gasteiger partial charge in [-0.3, -0.25) is 4.68 Å². The van der Waals surface area contributed by atoms with Crippen molar-refractivity contribution in [1.82, 2.24) is 14.1 Å². The van der Waals surface area contributed by atoms with Gasteiger partial charge in [0.1, 0.15) is 4.90 Å². The third kappa shape index (κ3) is 2.70. The fraction of sp³-hybridized carbons (Fsp3) is 0.625. The van der Waals surface area contributed by atoms with Crippen molar-refractivity contribution in [2.75, 3.05) is 19.0 Å². The number of nitrogens with zero attached hydrogens (tertiary/aromatic N) is 3. The Bertz CT molecular complexity index is 415. The highest BCUT2D eigenvalue weighted by molar-refractivity contribution is 7.89. The number of alkyl halides is 1. The quantitative estimate of drug-likeness (QED) is 0.723. The first-order chi connectivity index (χ1) is 7.02. The van der Waals surface area contributed by atoms with Gasteiger partial charge in [-0.1, -0.05) is 6.92 Å². The molecule has 0 bridgehead atoms. The van der Waals surface area contributed by atoms with E-state index in [-0.39, 0.29) is 10.8 Å². The van der Waals surface area contributed by atoms with Crippen LogP contribution in [-0.4, -0.2) is 41.5 Å². The van der Waals surface area contributed by atoms with Crippen LogP contribution in [0.25, 0.3) is 0 Å². The Hall–Kier alpha value is -0.590. The van der Waals surface area contributed by atoms with Gasteiger partial charge in [-0.2, -0.15) is 9.40 Å². The minimum Gasteiger partial charge on any atom is -0.274 e. The minimum absolute atomic E-state index is 0.206. The third-order valence-electron chi connectivity index (χ3n) is 2.01. The van der Waals surface area contributed by atoms with Crippen molar-refractivity contribution in [2.45, 2.75) is 11.8 Å². The van der Waals surface area contributed by atoms with E-state index in [9.17, 15) is 8.42 Å². The largest absolute Gasteiger partial charge is 0.274 e. The molecule has 1 rings (SSSR count). The van der Waals surface area contributed by atoms with Crippen molar-refractivity contribution >= 4 is 21.6 Å². The molecule has 0 atom stereocenters. The molecule has 7 heteroatoms. The first-order valence-electron chi connectivity index (χ1n) is 4.57. The van der Waals surface area contributed by atoms with Crippen molar-refractivity contribution < 1.29 is 8.42 Å². The summed E-state index contributed by atoms with van der Waals surface area (Å²) in [7, 11) is -1.75. The summed E-state index contributed by atoms with van der Waals surface area (Å²) in [5, 5.41) is 3.84. The summed E-state index contributed by atoms with van der Waals surface area (Å²) < 4.78 is 26.8. The molecule has 0 aliphatic carbocycles. The number of halogens is 1. The van der Waals surface area contributed by atoms with E-state index in [4.69, 9.17) is 11.6 Å². The zero-order chi connectivity index (χ0) is 11.5. The molecule has 5 nitrogen and oxygen atoms in total. The lowest BCUT2D eigenvalue weighted by atomic mass is 10.7. The number of aryl methyl sites for hydroxylation is 1. The van der Waals surface area contributed by atoms with Gasteiger partial charge in [0.15, 0.2) is 0 Å². The highest BCUT2D eigenvalue weighted by atomic mass is 35.5. The fourth-order valence-electron chi connectivity index (χ4n) is 1.22. The summed E-state index contributed by atoms with van der Waals surface area (Å²) in [5.74, 6) is 0.285. The lowest BCUT2D eigenvalue weighted by molar-refractivity contribution is 0.447. The molecule has 0 unspecified atom stereocenters. The molecular weight excluding hydrogens is 238 g/mol. The summed E-state index contributed by atoms with van der Waals surface area (Å²) in [6.07, 6.45) is 2.82. The van der Waals surface area contributed by atoms with Gasteiger partial charge in [0.25, 0.3) is 0 Å². The van der Waals surface area contributed by atoms with Crippen molar-refractivity contribution in [3.63, 3.8) is 0 Å². The first kappa shape index (κ1) is 12.5. The highest BCUT2D eigenvalue weighted by Crippen LogP contribution is 2.13. The average Bonchev–Trinajstić information content (AvgIpc) is 2.61. The maximum Gasteiger partial charge on any atom is 0.246 e. The van der Waals surface area contributed by atoms with Gasteiger partial charge in [-0.15, -0.1) is 11.6 Å². The van der Waals surface area contributed by atoms with E-state index >= 15 is 0 Å². The van der Waals surface area contributed by atoms with Crippen LogP contribution < -0.4 is 0 Å². The lowest BCUT2D eigenvalue weighted by Crippen LogP contribution is -2.32. The lowest BCUT2D eigenvalue weighted by Gasteiger charge is -2.17. The monoisotopic (exact) mass is 251 g/mol. The topological polar surface area (TPSA) is 55.2 Å². The Balaban J connectivity index is 3.00. The normalized spacial score (nSPS) is 12.3. The number of sulfonamides is 1. The number of hydrogen-bond acceptors (Lipinski definition) is 3. The van der Waals surface area contributed by atoms with Crippen LogP contribution >= 0.6 is 11.6 Å². The minimum atomic E-state index is -3.43. The number of rotatable bonds is 5. The molecule has 0 saturated heterocycles. The molecule has 1 aromatic heterocycles. The number of aromatic nitrogens is 2. The first-order valence-corrected chi connectivity index (χ1v) is 6.54. The predicted molar refractivity (Wildman–Crippen MR) is 58.4 cm³/mol. The van der Waals surface area contributed by atoms with Crippen LogP contribution in [0.3, 0.4) is 0 Å². The predicted octanol–water partition coefficient (Wildman–Crippen LogP) is 0.669. The van der Waals surface area contributed by atoms with Crippen LogP contribution in [0.4, 0.5) is 0 Å². The maximum absolute atomic E-state index is 12.0. The molecule has 0 saturated carbocycles. The molecule has 86 valence electrons. The van der Waals surface area contributed by atoms with Gasteiger partial charge < -0.3 is 0 Å². The van der Waals surface area contributed by atoms with E-state index in [2.05, 4.69) is 5.10 Å². The molecule has 15 heavy (non-hydrogen) atoms. The van der Waals surface area contributed by atoms with Crippen LogP contribution in [0.2, 0.25) is 0 Å². The van der Waals surface area contributed by atoms with Crippen LogP contribution in [0.15, 0.2) is 17.3 Å². The molecule has 0 N–H and O–H groups in total. The second kappa shape index (κ2) is 4.96. The van der Waals surface area contributed by atoms with Gasteiger partial charge in [-0.25, -0.2) is 8.42 Å². The van der Waals surface area contributed by atoms with Crippen LogP contribution in [0.5, 0.6) is 0 Å². The summed E-state index contributed by atoms with van der Waals surface area (Å²) in [6, 6.07) is 0. The molecule has 0 spiro atoms. The van der Waals surface area contributed by atoms with Crippen molar-refractivity contribution in [3.8, 4) is 0 Å². The van der Waals surface area contributed by atoms with Crippen molar-refractivity contribution in [3.05, 3.63) is 12.4 Å². The van der Waals surface area contributed by atoms with Gasteiger partial charge in [0, 0.05) is 32.2 Å². The Morgan fingerprint density at radius 3 is 2.67 bits per heavy atom. The highest BCUT2D eigenvalue weighted by Gasteiger charge is 2.23. The molecule has 0 radical (unpaired) electrons. The summed E-state index contributed by atoms with van der Waals surface area (Å²) in [4.78, 5) is 0.206. The molecule has 1 aromatic rings. The fourth-order valence-corrected chi connectivity index (χ4v) is 2.96. The Labute approximate surface area is 94.7 Å². The molecule has 0 amide bonds. The molecule has 0 aromatic carbocycles. The Morgan fingerprint density at radius 1 is 1.60 bits per heavy atom. The molecule has 0 aliphatic heterocycles. The molecule has 0 aliphatic rings. The zero-order valence-electron chi connectivity index (χ0n) is 8.72. The zero-order valence-corrected chi connectivity index (χ0v) is 10.3. The standard InChI is InChI=1S/C8H14ClN3O2S/c1-3-12(5-4-9)15(13,14)8-6-10-11(2)7-8/h6-7H,3-5H2,1-2H3. The van der Waals surface area contributed by atoms with Gasteiger partial charge >= 0.3 is 0 Å². The summed E-state index contributed by atoms with van der Waals surface area (Å²) in [5.41, 5.74) is 0. The SMILES string of the molecule is CCN(CCCl)S(=O)(=O)c1cnn(C)c1. The number of hydrogen-bond donors (Lipinski definition) is 0. The summed E-state index contributed by atoms with van der Waals surface area (Å²) in [6.45, 7) is 2.50. The average molecular weight is 252 g/mol. The smallest absolute Gasteiger partial charge is 0.246 e. The third-order valence-corrected chi connectivity index (χ3v) is 4.10.